The molecule has 0 aromatic heterocycles. The van der Waals surface area contributed by atoms with Gasteiger partial charge in [-0.1, -0.05) is 6.07 Å². The maximum atomic E-state index is 12.9. The number of hydrogen-bond donors (Lipinski definition) is 1. The van der Waals surface area contributed by atoms with Crippen LogP contribution in [0.1, 0.15) is 38.7 Å². The molecule has 0 saturated heterocycles. The fourth-order valence-corrected chi connectivity index (χ4v) is 3.95. The molecule has 1 aliphatic carbocycles. The predicted octanol–water partition coefficient (Wildman–Crippen LogP) is 1.87. The highest BCUT2D eigenvalue weighted by Gasteiger charge is 2.57. The average Bonchev–Trinajstić information content (AvgIpc) is 2.66. The van der Waals surface area contributed by atoms with Gasteiger partial charge < -0.3 is 24.1 Å². The lowest BCUT2D eigenvalue weighted by molar-refractivity contribution is -0.172. The van der Waals surface area contributed by atoms with Crippen molar-refractivity contribution in [3.05, 3.63) is 23.8 Å². The van der Waals surface area contributed by atoms with Crippen LogP contribution in [-0.2, 0) is 23.9 Å². The number of hydrogen-bond acceptors (Lipinski definition) is 8. The van der Waals surface area contributed by atoms with Crippen molar-refractivity contribution in [2.24, 2.45) is 11.8 Å². The molecule has 1 aromatic carbocycles. The van der Waals surface area contributed by atoms with Crippen molar-refractivity contribution in [3.63, 3.8) is 0 Å². The molecule has 4 atom stereocenters. The van der Waals surface area contributed by atoms with Gasteiger partial charge in [0, 0.05) is 18.4 Å². The van der Waals surface area contributed by atoms with Gasteiger partial charge in [-0.25, -0.2) is 0 Å². The van der Waals surface area contributed by atoms with Crippen molar-refractivity contribution in [2.45, 2.75) is 38.7 Å². The lowest BCUT2D eigenvalue weighted by Crippen LogP contribution is -2.55. The molecule has 29 heavy (non-hydrogen) atoms. The van der Waals surface area contributed by atoms with E-state index in [0.29, 0.717) is 17.1 Å². The van der Waals surface area contributed by atoms with Crippen LogP contribution >= 0.6 is 0 Å². The second-order valence-corrected chi connectivity index (χ2v) is 7.09. The first-order valence-corrected chi connectivity index (χ1v) is 9.52. The van der Waals surface area contributed by atoms with Crippen LogP contribution in [0.4, 0.5) is 0 Å². The maximum absolute atomic E-state index is 12.9. The lowest BCUT2D eigenvalue weighted by Gasteiger charge is -2.43. The van der Waals surface area contributed by atoms with Crippen LogP contribution in [0.3, 0.4) is 0 Å². The maximum Gasteiger partial charge on any atom is 0.317 e. The second-order valence-electron chi connectivity index (χ2n) is 7.09. The number of rotatable bonds is 7. The molecule has 1 N–H and O–H groups in total. The normalized spacial score (nSPS) is 26.6. The molecule has 1 saturated carbocycles. The van der Waals surface area contributed by atoms with Crippen molar-refractivity contribution in [1.82, 2.24) is 0 Å². The average molecular weight is 408 g/mol. The Morgan fingerprint density at radius 2 is 1.72 bits per heavy atom. The molecule has 0 radical (unpaired) electrons. The van der Waals surface area contributed by atoms with Gasteiger partial charge in [0.25, 0.3) is 0 Å². The zero-order valence-electron chi connectivity index (χ0n) is 17.4. The minimum atomic E-state index is -1.71. The van der Waals surface area contributed by atoms with Gasteiger partial charge in [-0.15, -0.1) is 0 Å². The molecule has 0 bridgehead atoms. The first kappa shape index (κ1) is 22.7. The summed E-state index contributed by atoms with van der Waals surface area (Å²) in [6, 6.07) is 4.85. The predicted molar refractivity (Wildman–Crippen MR) is 103 cm³/mol. The van der Waals surface area contributed by atoms with E-state index >= 15 is 0 Å². The second kappa shape index (κ2) is 9.26. The van der Waals surface area contributed by atoms with Crippen LogP contribution in [0.15, 0.2) is 18.2 Å². The fraction of sp³-hybridized carbons (Fsp3) is 0.571. The van der Waals surface area contributed by atoms with Gasteiger partial charge in [-0.05, 0) is 32.4 Å². The van der Waals surface area contributed by atoms with Crippen LogP contribution in [0.2, 0.25) is 0 Å². The quantitative estimate of drug-likeness (QED) is 0.538. The Kier molecular flexibility index (Phi) is 7.24. The molecular formula is C21H28O8. The third-order valence-electron chi connectivity index (χ3n) is 5.15. The Hall–Kier alpha value is -2.61. The van der Waals surface area contributed by atoms with Gasteiger partial charge in [0.15, 0.2) is 5.78 Å². The summed E-state index contributed by atoms with van der Waals surface area (Å²) in [7, 11) is 2.92. The standard InChI is InChI=1S/C21H28O8/c1-6-28-19(23)17-14(22)11-21(3,25)18(20(24)29-7-2)16(17)13-9-8-12(26-4)10-15(13)27-5/h8-10,16-18,25H,6-7,11H2,1-5H3/t16-,17+,18+,21-/m0/s1. The highest BCUT2D eigenvalue weighted by Crippen LogP contribution is 2.49. The molecule has 8 heteroatoms. The number of esters is 2. The minimum Gasteiger partial charge on any atom is -0.497 e. The number of ether oxygens (including phenoxy) is 4. The summed E-state index contributed by atoms with van der Waals surface area (Å²) in [6.45, 7) is 4.85. The topological polar surface area (TPSA) is 108 Å². The van der Waals surface area contributed by atoms with Crippen LogP contribution in [0.25, 0.3) is 0 Å². The summed E-state index contributed by atoms with van der Waals surface area (Å²) >= 11 is 0. The van der Waals surface area contributed by atoms with E-state index in [-0.39, 0.29) is 19.6 Å². The summed E-state index contributed by atoms with van der Waals surface area (Å²) in [4.78, 5) is 38.4. The Balaban J connectivity index is 2.71. The number of aliphatic hydroxyl groups is 1. The zero-order valence-corrected chi connectivity index (χ0v) is 17.4. The van der Waals surface area contributed by atoms with Gasteiger partial charge in [0.2, 0.25) is 0 Å². The van der Waals surface area contributed by atoms with Crippen molar-refractivity contribution in [2.75, 3.05) is 27.4 Å². The molecule has 0 spiro atoms. The number of ketones is 1. The van der Waals surface area contributed by atoms with E-state index in [1.807, 2.05) is 0 Å². The van der Waals surface area contributed by atoms with Crippen molar-refractivity contribution >= 4 is 17.7 Å². The molecule has 2 rings (SSSR count). The molecule has 0 aliphatic heterocycles. The van der Waals surface area contributed by atoms with E-state index < -0.39 is 41.1 Å². The Bertz CT molecular complexity index is 770. The molecule has 0 amide bonds. The van der Waals surface area contributed by atoms with Crippen LogP contribution in [0, 0.1) is 11.8 Å². The van der Waals surface area contributed by atoms with E-state index in [4.69, 9.17) is 18.9 Å². The van der Waals surface area contributed by atoms with Crippen molar-refractivity contribution < 1.29 is 38.4 Å². The first-order chi connectivity index (χ1) is 13.7. The van der Waals surface area contributed by atoms with Gasteiger partial charge >= 0.3 is 11.9 Å². The zero-order chi connectivity index (χ0) is 21.8. The number of Topliss-reactive ketones (excluding diaryl/α,β-unsaturated/α-hetero) is 1. The molecule has 1 fully saturated rings. The van der Waals surface area contributed by atoms with E-state index in [0.717, 1.165) is 0 Å². The van der Waals surface area contributed by atoms with Gasteiger partial charge in [0.1, 0.15) is 17.4 Å². The van der Waals surface area contributed by atoms with Gasteiger partial charge in [-0.2, -0.15) is 0 Å². The molecule has 8 nitrogen and oxygen atoms in total. The monoisotopic (exact) mass is 408 g/mol. The summed E-state index contributed by atoms with van der Waals surface area (Å²) < 4.78 is 21.0. The highest BCUT2D eigenvalue weighted by molar-refractivity contribution is 6.03. The molecule has 160 valence electrons. The fourth-order valence-electron chi connectivity index (χ4n) is 3.95. The molecule has 0 heterocycles. The lowest BCUT2D eigenvalue weighted by atomic mass is 9.61. The van der Waals surface area contributed by atoms with Crippen LogP contribution in [-0.4, -0.2) is 55.9 Å². The number of methoxy groups -OCH3 is 2. The Labute approximate surface area is 170 Å². The molecule has 1 aliphatic rings. The third-order valence-corrected chi connectivity index (χ3v) is 5.15. The summed E-state index contributed by atoms with van der Waals surface area (Å²) in [6.07, 6.45) is -0.366. The Morgan fingerprint density at radius 1 is 1.10 bits per heavy atom. The number of carbonyl (C=O) groups is 3. The SMILES string of the molecule is CCOC(=O)[C@@H]1C(=O)C[C@](C)(O)[C@@H](C(=O)OCC)[C@H]1c1ccc(OC)cc1OC. The van der Waals surface area contributed by atoms with Gasteiger partial charge in [0.05, 0.1) is 39.0 Å². The van der Waals surface area contributed by atoms with E-state index in [1.165, 1.54) is 21.1 Å². The summed E-state index contributed by atoms with van der Waals surface area (Å²) in [5.41, 5.74) is -1.29. The molecular weight excluding hydrogens is 380 g/mol. The largest absolute Gasteiger partial charge is 0.497 e. The summed E-state index contributed by atoms with van der Waals surface area (Å²) in [5, 5.41) is 11.0. The highest BCUT2D eigenvalue weighted by atomic mass is 16.5. The van der Waals surface area contributed by atoms with E-state index in [9.17, 15) is 19.5 Å². The Morgan fingerprint density at radius 3 is 2.28 bits per heavy atom. The van der Waals surface area contributed by atoms with E-state index in [2.05, 4.69) is 0 Å². The molecule has 1 aromatic rings. The third kappa shape index (κ3) is 4.53. The van der Waals surface area contributed by atoms with Crippen LogP contribution < -0.4 is 9.47 Å². The van der Waals surface area contributed by atoms with Crippen molar-refractivity contribution in [1.29, 1.82) is 0 Å². The number of benzene rings is 1. The van der Waals surface area contributed by atoms with Crippen LogP contribution in [0.5, 0.6) is 11.5 Å². The van der Waals surface area contributed by atoms with E-state index in [1.54, 1.807) is 32.0 Å². The smallest absolute Gasteiger partial charge is 0.317 e. The number of carbonyl (C=O) groups excluding carboxylic acids is 3. The molecule has 0 unspecified atom stereocenters. The minimum absolute atomic E-state index is 0.0789. The summed E-state index contributed by atoms with van der Waals surface area (Å²) in [5.74, 6) is -4.58. The van der Waals surface area contributed by atoms with Gasteiger partial charge in [-0.3, -0.25) is 14.4 Å². The van der Waals surface area contributed by atoms with Crippen molar-refractivity contribution in [3.8, 4) is 11.5 Å². The first-order valence-electron chi connectivity index (χ1n) is 9.52.